The van der Waals surface area contributed by atoms with E-state index in [-0.39, 0.29) is 17.2 Å². The van der Waals surface area contributed by atoms with Crippen molar-refractivity contribution in [2.45, 2.75) is 31.8 Å². The molecule has 3 aromatic rings. The topological polar surface area (TPSA) is 81.7 Å². The fourth-order valence-corrected chi connectivity index (χ4v) is 5.14. The molecule has 0 amide bonds. The summed E-state index contributed by atoms with van der Waals surface area (Å²) in [5.41, 5.74) is 5.87. The quantitative estimate of drug-likeness (QED) is 0.203. The zero-order chi connectivity index (χ0) is 28.6. The van der Waals surface area contributed by atoms with Crippen molar-refractivity contribution in [1.29, 1.82) is 0 Å². The van der Waals surface area contributed by atoms with Gasteiger partial charge in [-0.05, 0) is 87.9 Å². The number of hydrogen-bond donors (Lipinski definition) is 3. The Morgan fingerprint density at radius 2 is 1.67 bits per heavy atom. The highest BCUT2D eigenvalue weighted by atomic mass is 79.9. The summed E-state index contributed by atoms with van der Waals surface area (Å²) in [6, 6.07) is 21.3. The van der Waals surface area contributed by atoms with Crippen molar-refractivity contribution >= 4 is 31.5 Å². The van der Waals surface area contributed by atoms with E-state index in [1.165, 1.54) is 24.3 Å². The van der Waals surface area contributed by atoms with E-state index in [2.05, 4.69) is 58.2 Å². The minimum absolute atomic E-state index is 0.0122. The van der Waals surface area contributed by atoms with Crippen molar-refractivity contribution in [2.75, 3.05) is 7.05 Å². The predicted molar refractivity (Wildman–Crippen MR) is 163 cm³/mol. The van der Waals surface area contributed by atoms with Crippen LogP contribution < -0.4 is 10.0 Å². The van der Waals surface area contributed by atoms with Gasteiger partial charge in [-0.1, -0.05) is 67.8 Å². The first-order chi connectivity index (χ1) is 18.5. The van der Waals surface area contributed by atoms with Crippen molar-refractivity contribution in [3.63, 3.8) is 0 Å². The van der Waals surface area contributed by atoms with Crippen LogP contribution in [0.25, 0.3) is 5.57 Å². The lowest BCUT2D eigenvalue weighted by Gasteiger charge is -2.26. The zero-order valence-electron chi connectivity index (χ0n) is 22.4. The van der Waals surface area contributed by atoms with E-state index in [1.807, 2.05) is 61.3 Å². The number of nitrogens with one attached hydrogen (secondary N) is 2. The number of aromatic hydroxyl groups is 1. The monoisotopic (exact) mass is 607 g/mol. The number of phenolic OH excluding ortho intramolecular Hbond substituents is 1. The molecule has 39 heavy (non-hydrogen) atoms. The Morgan fingerprint density at radius 1 is 1.03 bits per heavy atom. The molecule has 0 fully saturated rings. The SMILES string of the molecule is C=C/C(Br)=C(/C)N(C)/C(=C\C(=C)c1ccccc1C)NCc1cccc(CNS(=O)(=O)c2ccc(O)cc2)c1. The first-order valence-electron chi connectivity index (χ1n) is 12.3. The number of hydrogen-bond acceptors (Lipinski definition) is 5. The number of halogens is 1. The molecule has 0 aromatic heterocycles. The minimum Gasteiger partial charge on any atom is -0.508 e. The Kier molecular flexibility index (Phi) is 10.3. The highest BCUT2D eigenvalue weighted by Gasteiger charge is 2.14. The molecule has 204 valence electrons. The number of aryl methyl sites for hydroxylation is 1. The second-order valence-corrected chi connectivity index (χ2v) is 11.7. The highest BCUT2D eigenvalue weighted by Crippen LogP contribution is 2.23. The molecule has 3 aromatic carbocycles. The molecule has 0 aliphatic carbocycles. The summed E-state index contributed by atoms with van der Waals surface area (Å²) in [6.45, 7) is 12.9. The first-order valence-corrected chi connectivity index (χ1v) is 14.6. The average molecular weight is 609 g/mol. The van der Waals surface area contributed by atoms with Gasteiger partial charge in [-0.3, -0.25) is 0 Å². The molecule has 0 bridgehead atoms. The number of allylic oxidation sites excluding steroid dienone is 5. The van der Waals surface area contributed by atoms with Gasteiger partial charge in [-0.2, -0.15) is 0 Å². The van der Waals surface area contributed by atoms with Crippen LogP contribution in [-0.4, -0.2) is 25.5 Å². The van der Waals surface area contributed by atoms with Gasteiger partial charge in [-0.15, -0.1) is 0 Å². The van der Waals surface area contributed by atoms with E-state index >= 15 is 0 Å². The molecule has 0 aliphatic heterocycles. The van der Waals surface area contributed by atoms with Crippen LogP contribution in [0.15, 0.2) is 119 Å². The second kappa shape index (κ2) is 13.5. The van der Waals surface area contributed by atoms with Crippen LogP contribution in [0.5, 0.6) is 5.75 Å². The van der Waals surface area contributed by atoms with E-state index < -0.39 is 10.0 Å². The van der Waals surface area contributed by atoms with Gasteiger partial charge in [0.1, 0.15) is 11.6 Å². The largest absolute Gasteiger partial charge is 0.508 e. The zero-order valence-corrected chi connectivity index (χ0v) is 24.8. The maximum Gasteiger partial charge on any atom is 0.240 e. The third-order valence-corrected chi connectivity index (χ3v) is 8.58. The lowest BCUT2D eigenvalue weighted by Crippen LogP contribution is -2.28. The molecule has 3 rings (SSSR count). The van der Waals surface area contributed by atoms with Gasteiger partial charge in [-0.25, -0.2) is 13.1 Å². The molecule has 0 unspecified atom stereocenters. The standard InChI is InChI=1S/C31H34BrN3O3S/c1-6-30(32)24(4)35(5)31(18-23(3)29-13-8-7-10-22(29)2)33-20-25-11-9-12-26(19-25)21-34-39(37,38)28-16-14-27(36)15-17-28/h6-19,33-34,36H,1,3,20-21H2,2,4-5H3/b30-24+,31-18-. The fourth-order valence-electron chi connectivity index (χ4n) is 3.86. The van der Waals surface area contributed by atoms with Crippen molar-refractivity contribution in [3.05, 3.63) is 136 Å². The van der Waals surface area contributed by atoms with Crippen LogP contribution in [0.1, 0.15) is 29.2 Å². The summed E-state index contributed by atoms with van der Waals surface area (Å²) < 4.78 is 28.8. The molecule has 0 atom stereocenters. The van der Waals surface area contributed by atoms with Gasteiger partial charge in [0.15, 0.2) is 0 Å². The number of rotatable bonds is 12. The maximum atomic E-state index is 12.6. The van der Waals surface area contributed by atoms with E-state index in [4.69, 9.17) is 0 Å². The van der Waals surface area contributed by atoms with Gasteiger partial charge < -0.3 is 15.3 Å². The van der Waals surface area contributed by atoms with Crippen LogP contribution in [0.2, 0.25) is 0 Å². The van der Waals surface area contributed by atoms with Crippen LogP contribution in [0.4, 0.5) is 0 Å². The number of benzene rings is 3. The Bertz CT molecular complexity index is 1510. The van der Waals surface area contributed by atoms with Crippen molar-refractivity contribution in [2.24, 2.45) is 0 Å². The predicted octanol–water partition coefficient (Wildman–Crippen LogP) is 6.57. The molecule has 6 nitrogen and oxygen atoms in total. The second-order valence-electron chi connectivity index (χ2n) is 9.06. The van der Waals surface area contributed by atoms with E-state index in [0.717, 1.165) is 43.8 Å². The Hall–Kier alpha value is -3.59. The van der Waals surface area contributed by atoms with Crippen molar-refractivity contribution < 1.29 is 13.5 Å². The van der Waals surface area contributed by atoms with Gasteiger partial charge in [0, 0.05) is 30.3 Å². The maximum absolute atomic E-state index is 12.6. The third-order valence-electron chi connectivity index (χ3n) is 6.27. The Balaban J connectivity index is 1.79. The molecular weight excluding hydrogens is 574 g/mol. The summed E-state index contributed by atoms with van der Waals surface area (Å²) in [5, 5.41) is 13.0. The molecule has 8 heteroatoms. The molecule has 3 N–H and O–H groups in total. The highest BCUT2D eigenvalue weighted by molar-refractivity contribution is 9.11. The van der Waals surface area contributed by atoms with Crippen LogP contribution in [0, 0.1) is 6.92 Å². The lowest BCUT2D eigenvalue weighted by atomic mass is 10.0. The van der Waals surface area contributed by atoms with Gasteiger partial charge in [0.05, 0.1) is 4.90 Å². The molecule has 0 radical (unpaired) electrons. The van der Waals surface area contributed by atoms with Gasteiger partial charge >= 0.3 is 0 Å². The van der Waals surface area contributed by atoms with Gasteiger partial charge in [0.25, 0.3) is 0 Å². The van der Waals surface area contributed by atoms with E-state index in [1.54, 1.807) is 6.08 Å². The average Bonchev–Trinajstić information content (AvgIpc) is 2.93. The lowest BCUT2D eigenvalue weighted by molar-refractivity contribution is 0.467. The Morgan fingerprint density at radius 3 is 2.31 bits per heavy atom. The molecule has 0 spiro atoms. The molecule has 0 saturated carbocycles. The summed E-state index contributed by atoms with van der Waals surface area (Å²) in [6.07, 6.45) is 3.77. The Labute approximate surface area is 240 Å². The minimum atomic E-state index is -3.71. The summed E-state index contributed by atoms with van der Waals surface area (Å²) in [4.78, 5) is 2.13. The van der Waals surface area contributed by atoms with Crippen molar-refractivity contribution in [3.8, 4) is 5.75 Å². The van der Waals surface area contributed by atoms with E-state index in [9.17, 15) is 13.5 Å². The number of sulfonamides is 1. The first kappa shape index (κ1) is 30.0. The smallest absolute Gasteiger partial charge is 0.240 e. The number of nitrogens with zero attached hydrogens (tertiary/aromatic N) is 1. The number of phenols is 1. The summed E-state index contributed by atoms with van der Waals surface area (Å²) in [5.74, 6) is 0.858. The molecule has 0 heterocycles. The van der Waals surface area contributed by atoms with E-state index in [0.29, 0.717) is 6.54 Å². The summed E-state index contributed by atoms with van der Waals surface area (Å²) in [7, 11) is -1.74. The summed E-state index contributed by atoms with van der Waals surface area (Å²) >= 11 is 3.57. The fraction of sp³-hybridized carbons (Fsp3) is 0.161. The normalized spacial score (nSPS) is 12.5. The van der Waals surface area contributed by atoms with Crippen LogP contribution >= 0.6 is 15.9 Å². The van der Waals surface area contributed by atoms with Crippen molar-refractivity contribution in [1.82, 2.24) is 14.9 Å². The third kappa shape index (κ3) is 8.20. The molecule has 0 saturated heterocycles. The molecular formula is C31H34BrN3O3S. The van der Waals surface area contributed by atoms with Crippen LogP contribution in [0.3, 0.4) is 0 Å². The van der Waals surface area contributed by atoms with Gasteiger partial charge in [0.2, 0.25) is 10.0 Å². The molecule has 0 aliphatic rings. The van der Waals surface area contributed by atoms with Crippen LogP contribution in [-0.2, 0) is 23.1 Å².